The van der Waals surface area contributed by atoms with Crippen molar-refractivity contribution in [2.45, 2.75) is 0 Å². The maximum atomic E-state index is 5.14. The molecule has 52 heavy (non-hydrogen) atoms. The van der Waals surface area contributed by atoms with Gasteiger partial charge in [-0.2, -0.15) is 0 Å². The van der Waals surface area contributed by atoms with Crippen LogP contribution in [-0.2, 0) is 0 Å². The van der Waals surface area contributed by atoms with Crippen LogP contribution in [0.1, 0.15) is 0 Å². The first-order valence-corrected chi connectivity index (χ1v) is 17.5. The van der Waals surface area contributed by atoms with Gasteiger partial charge >= 0.3 is 0 Å². The molecule has 0 unspecified atom stereocenters. The molecule has 1 aromatic heterocycles. The highest BCUT2D eigenvalue weighted by Gasteiger charge is 2.15. The molecule has 0 saturated carbocycles. The molecule has 9 aromatic rings. The van der Waals surface area contributed by atoms with E-state index >= 15 is 0 Å². The zero-order chi connectivity index (χ0) is 34.7. The predicted molar refractivity (Wildman–Crippen MR) is 215 cm³/mol. The lowest BCUT2D eigenvalue weighted by Gasteiger charge is -2.13. The third-order valence-electron chi connectivity index (χ3n) is 9.49. The summed E-state index contributed by atoms with van der Waals surface area (Å²) in [7, 11) is 0. The third kappa shape index (κ3) is 6.28. The van der Waals surface area contributed by atoms with Crippen LogP contribution >= 0.6 is 0 Å². The molecule has 8 aromatic carbocycles. The first-order chi connectivity index (χ1) is 25.7. The summed E-state index contributed by atoms with van der Waals surface area (Å²) < 4.78 is 0. The van der Waals surface area contributed by atoms with Crippen molar-refractivity contribution in [2.75, 3.05) is 0 Å². The summed E-state index contributed by atoms with van der Waals surface area (Å²) in [5.41, 5.74) is 12.1. The van der Waals surface area contributed by atoms with Gasteiger partial charge in [0.05, 0.1) is 0 Å². The average Bonchev–Trinajstić information content (AvgIpc) is 3.24. The van der Waals surface area contributed by atoms with E-state index in [1.54, 1.807) is 0 Å². The van der Waals surface area contributed by atoms with Crippen molar-refractivity contribution in [3.8, 4) is 78.7 Å². The summed E-state index contributed by atoms with van der Waals surface area (Å²) >= 11 is 0. The van der Waals surface area contributed by atoms with E-state index < -0.39 is 0 Å². The second kappa shape index (κ2) is 13.7. The fourth-order valence-corrected chi connectivity index (χ4v) is 6.87. The Balaban J connectivity index is 1.16. The van der Waals surface area contributed by atoms with Gasteiger partial charge in [0.1, 0.15) is 0 Å². The highest BCUT2D eigenvalue weighted by atomic mass is 15.0. The van der Waals surface area contributed by atoms with E-state index in [4.69, 9.17) is 15.0 Å². The Bertz CT molecular complexity index is 2670. The molecule has 0 radical (unpaired) electrons. The van der Waals surface area contributed by atoms with Crippen molar-refractivity contribution in [2.24, 2.45) is 0 Å². The number of hydrogen-bond acceptors (Lipinski definition) is 3. The Labute approximate surface area is 303 Å². The van der Waals surface area contributed by atoms with Crippen LogP contribution in [0.25, 0.3) is 89.4 Å². The Hall–Kier alpha value is -6.97. The monoisotopic (exact) mass is 663 g/mol. The Kier molecular flexibility index (Phi) is 8.20. The van der Waals surface area contributed by atoms with Gasteiger partial charge in [0, 0.05) is 16.7 Å². The van der Waals surface area contributed by atoms with Crippen molar-refractivity contribution >= 4 is 10.8 Å². The number of fused-ring (bicyclic) bond motifs is 1. The lowest BCUT2D eigenvalue weighted by atomic mass is 9.92. The molecule has 0 amide bonds. The molecule has 0 N–H and O–H groups in total. The predicted octanol–water partition coefficient (Wildman–Crippen LogP) is 12.7. The van der Waals surface area contributed by atoms with Crippen LogP contribution in [0.15, 0.2) is 200 Å². The number of aromatic nitrogens is 3. The van der Waals surface area contributed by atoms with Crippen molar-refractivity contribution in [1.29, 1.82) is 0 Å². The van der Waals surface area contributed by atoms with Crippen LogP contribution in [0.4, 0.5) is 0 Å². The lowest BCUT2D eigenvalue weighted by molar-refractivity contribution is 1.07. The molecular formula is C49H33N3. The summed E-state index contributed by atoms with van der Waals surface area (Å²) in [6.45, 7) is 0. The van der Waals surface area contributed by atoms with Gasteiger partial charge < -0.3 is 0 Å². The molecule has 0 fully saturated rings. The number of benzene rings is 8. The van der Waals surface area contributed by atoms with E-state index in [9.17, 15) is 0 Å². The van der Waals surface area contributed by atoms with Gasteiger partial charge in [-0.05, 0) is 85.6 Å². The molecule has 0 aliphatic heterocycles. The van der Waals surface area contributed by atoms with Gasteiger partial charge in [0.2, 0.25) is 0 Å². The van der Waals surface area contributed by atoms with E-state index in [0.29, 0.717) is 17.5 Å². The first-order valence-electron chi connectivity index (χ1n) is 17.5. The van der Waals surface area contributed by atoms with Gasteiger partial charge in [-0.15, -0.1) is 0 Å². The molecule has 0 saturated heterocycles. The van der Waals surface area contributed by atoms with Crippen molar-refractivity contribution in [3.63, 3.8) is 0 Å². The highest BCUT2D eigenvalue weighted by molar-refractivity contribution is 6.00. The normalized spacial score (nSPS) is 11.1. The maximum Gasteiger partial charge on any atom is 0.164 e. The Morgan fingerprint density at radius 2 is 0.615 bits per heavy atom. The molecule has 3 heteroatoms. The van der Waals surface area contributed by atoms with Crippen molar-refractivity contribution in [3.05, 3.63) is 200 Å². The molecule has 0 bridgehead atoms. The number of rotatable bonds is 7. The molecule has 244 valence electrons. The Morgan fingerprint density at radius 3 is 1.21 bits per heavy atom. The van der Waals surface area contributed by atoms with E-state index in [-0.39, 0.29) is 0 Å². The van der Waals surface area contributed by atoms with Gasteiger partial charge in [0.15, 0.2) is 17.5 Å². The quantitative estimate of drug-likeness (QED) is 0.170. The molecular weight excluding hydrogens is 631 g/mol. The number of hydrogen-bond donors (Lipinski definition) is 0. The van der Waals surface area contributed by atoms with Gasteiger partial charge in [-0.3, -0.25) is 0 Å². The fourth-order valence-electron chi connectivity index (χ4n) is 6.87. The third-order valence-corrected chi connectivity index (χ3v) is 9.49. The summed E-state index contributed by atoms with van der Waals surface area (Å²) in [6.07, 6.45) is 0. The van der Waals surface area contributed by atoms with Crippen LogP contribution in [0.3, 0.4) is 0 Å². The van der Waals surface area contributed by atoms with Crippen molar-refractivity contribution < 1.29 is 0 Å². The fraction of sp³-hybridized carbons (Fsp3) is 0. The molecule has 0 spiro atoms. The van der Waals surface area contributed by atoms with Crippen LogP contribution < -0.4 is 0 Å². The molecule has 0 aliphatic carbocycles. The van der Waals surface area contributed by atoms with Crippen LogP contribution in [0, 0.1) is 0 Å². The maximum absolute atomic E-state index is 5.14. The SMILES string of the molecule is c1ccc(-c2cccc(-c3cccc(-c4nc(-c5ccccc5)nc(-c5cccc(-c6cc(-c7ccccc7)cc7ccccc67)c5)n4)c3)c2)cc1. The molecule has 0 atom stereocenters. The second-order valence-electron chi connectivity index (χ2n) is 12.9. The van der Waals surface area contributed by atoms with Crippen LogP contribution in [0.5, 0.6) is 0 Å². The van der Waals surface area contributed by atoms with Crippen LogP contribution in [-0.4, -0.2) is 15.0 Å². The van der Waals surface area contributed by atoms with E-state index in [2.05, 4.69) is 164 Å². The minimum Gasteiger partial charge on any atom is -0.208 e. The van der Waals surface area contributed by atoms with E-state index in [1.165, 1.54) is 38.6 Å². The zero-order valence-corrected chi connectivity index (χ0v) is 28.4. The topological polar surface area (TPSA) is 38.7 Å². The molecule has 0 aliphatic rings. The highest BCUT2D eigenvalue weighted by Crippen LogP contribution is 2.36. The minimum atomic E-state index is 0.630. The zero-order valence-electron chi connectivity index (χ0n) is 28.4. The number of nitrogens with zero attached hydrogens (tertiary/aromatic N) is 3. The van der Waals surface area contributed by atoms with E-state index in [0.717, 1.165) is 33.4 Å². The standard InChI is InChI=1S/C49H33N3/c1-4-15-34(16-5-1)37-22-12-23-38(29-37)39-24-13-26-42(30-39)48-50-47(36-19-8-3-9-20-36)51-49(52-48)43-27-14-25-41(31-43)46-33-44(35-17-6-2-7-18-35)32-40-21-10-11-28-45(40)46/h1-33H. The molecule has 9 rings (SSSR count). The van der Waals surface area contributed by atoms with Gasteiger partial charge in [-0.1, -0.05) is 170 Å². The molecule has 1 heterocycles. The molecule has 3 nitrogen and oxygen atoms in total. The smallest absolute Gasteiger partial charge is 0.164 e. The van der Waals surface area contributed by atoms with Gasteiger partial charge in [-0.25, -0.2) is 15.0 Å². The summed E-state index contributed by atoms with van der Waals surface area (Å²) in [5.74, 6) is 1.90. The van der Waals surface area contributed by atoms with E-state index in [1.807, 2.05) is 36.4 Å². The second-order valence-corrected chi connectivity index (χ2v) is 12.9. The Morgan fingerprint density at radius 1 is 0.231 bits per heavy atom. The summed E-state index contributed by atoms with van der Waals surface area (Å²) in [5, 5.41) is 2.40. The van der Waals surface area contributed by atoms with Crippen LogP contribution in [0.2, 0.25) is 0 Å². The largest absolute Gasteiger partial charge is 0.208 e. The van der Waals surface area contributed by atoms with Gasteiger partial charge in [0.25, 0.3) is 0 Å². The summed E-state index contributed by atoms with van der Waals surface area (Å²) in [6, 6.07) is 70.1. The first kappa shape index (κ1) is 31.0. The summed E-state index contributed by atoms with van der Waals surface area (Å²) in [4.78, 5) is 15.2. The average molecular weight is 664 g/mol. The lowest BCUT2D eigenvalue weighted by Crippen LogP contribution is -2.00. The minimum absolute atomic E-state index is 0.630. The van der Waals surface area contributed by atoms with Crippen molar-refractivity contribution in [1.82, 2.24) is 15.0 Å².